The third-order valence-electron chi connectivity index (χ3n) is 8.01. The number of aliphatic hydroxyl groups excluding tert-OH is 3. The van der Waals surface area contributed by atoms with Gasteiger partial charge in [-0.05, 0) is 31.6 Å². The summed E-state index contributed by atoms with van der Waals surface area (Å²) in [5.41, 5.74) is 1.64. The van der Waals surface area contributed by atoms with Crippen molar-refractivity contribution in [3.63, 3.8) is 0 Å². The summed E-state index contributed by atoms with van der Waals surface area (Å²) < 4.78 is 17.1. The van der Waals surface area contributed by atoms with Crippen LogP contribution in [0.1, 0.15) is 62.4 Å². The van der Waals surface area contributed by atoms with Gasteiger partial charge in [-0.15, -0.1) is 0 Å². The number of phenolic OH excluding ortho intramolecular Hbond substituents is 1. The maximum atomic E-state index is 14.4. The minimum absolute atomic E-state index is 0.00629. The summed E-state index contributed by atoms with van der Waals surface area (Å²) in [7, 11) is 0. The quantitative estimate of drug-likeness (QED) is 0.202. The molecule has 11 nitrogen and oxygen atoms in total. The molecule has 0 spiro atoms. The fourth-order valence-electron chi connectivity index (χ4n) is 5.82. The SMILES string of the molecule is CC(=O)Oc1ccc2c3c1CC#CC1=C(C=NC1)Cc1c(O[C@@H]4O[C@@H](C)[C@@H](O)[C@@H](O)[C@H]4O)c(C)c(O)c(c1C3=O)C2=O. The van der Waals surface area contributed by atoms with Crippen molar-refractivity contribution in [2.75, 3.05) is 6.54 Å². The molecule has 1 fully saturated rings. The van der Waals surface area contributed by atoms with Crippen molar-refractivity contribution in [3.05, 3.63) is 62.2 Å². The van der Waals surface area contributed by atoms with E-state index in [1.165, 1.54) is 32.9 Å². The predicted molar refractivity (Wildman–Crippen MR) is 146 cm³/mol. The van der Waals surface area contributed by atoms with E-state index in [1.807, 2.05) is 0 Å². The Morgan fingerprint density at radius 1 is 1.05 bits per heavy atom. The highest BCUT2D eigenvalue weighted by Gasteiger charge is 2.45. The average Bonchev–Trinajstić information content (AvgIpc) is 3.38. The van der Waals surface area contributed by atoms with Gasteiger partial charge in [0.05, 0.1) is 18.2 Å². The number of aromatic hydroxyl groups is 1. The minimum Gasteiger partial charge on any atom is -0.507 e. The lowest BCUT2D eigenvalue weighted by Crippen LogP contribution is -2.58. The molecule has 2 aromatic rings. The molecule has 4 aliphatic rings. The summed E-state index contributed by atoms with van der Waals surface area (Å²) in [6.45, 7) is 4.51. The molecule has 6 rings (SSSR count). The number of carbonyl (C=O) groups is 3. The fourth-order valence-corrected chi connectivity index (χ4v) is 5.82. The molecule has 0 saturated carbocycles. The van der Waals surface area contributed by atoms with E-state index in [0.29, 0.717) is 17.7 Å². The number of carbonyl (C=O) groups excluding carboxylic acids is 3. The summed E-state index contributed by atoms with van der Waals surface area (Å²) in [6.07, 6.45) is -5.40. The van der Waals surface area contributed by atoms with Gasteiger partial charge in [-0.2, -0.15) is 0 Å². The second-order valence-electron chi connectivity index (χ2n) is 10.7. The lowest BCUT2D eigenvalue weighted by Gasteiger charge is -2.39. The molecule has 42 heavy (non-hydrogen) atoms. The number of ketones is 2. The van der Waals surface area contributed by atoms with Crippen LogP contribution in [-0.2, 0) is 22.4 Å². The van der Waals surface area contributed by atoms with Crippen LogP contribution >= 0.6 is 0 Å². The normalized spacial score (nSPS) is 25.8. The molecule has 0 amide bonds. The van der Waals surface area contributed by atoms with Gasteiger partial charge in [-0.3, -0.25) is 19.4 Å². The van der Waals surface area contributed by atoms with Gasteiger partial charge < -0.3 is 34.6 Å². The molecule has 11 heteroatoms. The number of hydrogen-bond donors (Lipinski definition) is 4. The summed E-state index contributed by atoms with van der Waals surface area (Å²) in [4.78, 5) is 44.5. The van der Waals surface area contributed by atoms with Crippen molar-refractivity contribution >= 4 is 23.8 Å². The maximum absolute atomic E-state index is 14.4. The van der Waals surface area contributed by atoms with Crippen molar-refractivity contribution in [2.24, 2.45) is 4.99 Å². The van der Waals surface area contributed by atoms with Crippen LogP contribution in [0.15, 0.2) is 28.3 Å². The largest absolute Gasteiger partial charge is 0.507 e. The molecule has 0 unspecified atom stereocenters. The van der Waals surface area contributed by atoms with E-state index < -0.39 is 54.0 Å². The van der Waals surface area contributed by atoms with Gasteiger partial charge in [0.2, 0.25) is 6.29 Å². The van der Waals surface area contributed by atoms with Gasteiger partial charge >= 0.3 is 5.97 Å². The lowest BCUT2D eigenvalue weighted by molar-refractivity contribution is -0.268. The Balaban J connectivity index is 1.62. The second kappa shape index (κ2) is 10.2. The molecule has 0 radical (unpaired) electrons. The van der Waals surface area contributed by atoms with Crippen molar-refractivity contribution in [1.29, 1.82) is 0 Å². The number of rotatable bonds is 3. The zero-order valence-corrected chi connectivity index (χ0v) is 22.9. The average molecular weight is 574 g/mol. The summed E-state index contributed by atoms with van der Waals surface area (Å²) >= 11 is 0. The molecule has 216 valence electrons. The highest BCUT2D eigenvalue weighted by Crippen LogP contribution is 2.46. The van der Waals surface area contributed by atoms with Crippen molar-refractivity contribution in [1.82, 2.24) is 0 Å². The molecule has 5 atom stereocenters. The Labute approximate surface area is 240 Å². The first kappa shape index (κ1) is 27.8. The number of aliphatic hydroxyl groups is 3. The third kappa shape index (κ3) is 4.23. The Morgan fingerprint density at radius 3 is 2.55 bits per heavy atom. The number of phenols is 1. The number of hydrogen-bond acceptors (Lipinski definition) is 11. The van der Waals surface area contributed by atoms with Crippen molar-refractivity contribution < 1.29 is 49.0 Å². The van der Waals surface area contributed by atoms with Gasteiger partial charge in [0.1, 0.15) is 35.6 Å². The van der Waals surface area contributed by atoms with Crippen LogP contribution in [0, 0.1) is 18.8 Å². The lowest BCUT2D eigenvalue weighted by atomic mass is 9.76. The zero-order chi connectivity index (χ0) is 30.0. The van der Waals surface area contributed by atoms with E-state index in [1.54, 1.807) is 6.21 Å². The van der Waals surface area contributed by atoms with Gasteiger partial charge in [-0.25, -0.2) is 0 Å². The summed E-state index contributed by atoms with van der Waals surface area (Å²) in [5, 5.41) is 42.6. The van der Waals surface area contributed by atoms with Gasteiger partial charge in [0, 0.05) is 64.9 Å². The number of aliphatic imine (C=N–C) groups is 1. The van der Waals surface area contributed by atoms with Gasteiger partial charge in [-0.1, -0.05) is 11.8 Å². The number of nitrogens with zero attached hydrogens (tertiary/aromatic N) is 1. The zero-order valence-electron chi connectivity index (χ0n) is 22.9. The van der Waals surface area contributed by atoms with Crippen LogP contribution in [0.5, 0.6) is 17.2 Å². The Hall–Kier alpha value is -4.34. The molecule has 2 heterocycles. The molecule has 2 aromatic carbocycles. The van der Waals surface area contributed by atoms with E-state index in [0.717, 1.165) is 0 Å². The number of benzene rings is 2. The van der Waals surface area contributed by atoms with E-state index in [9.17, 15) is 34.8 Å². The van der Waals surface area contributed by atoms with Crippen LogP contribution in [0.4, 0.5) is 0 Å². The Kier molecular flexibility index (Phi) is 6.74. The highest BCUT2D eigenvalue weighted by molar-refractivity contribution is 6.31. The van der Waals surface area contributed by atoms with Crippen LogP contribution < -0.4 is 9.47 Å². The van der Waals surface area contributed by atoms with Crippen LogP contribution in [0.25, 0.3) is 0 Å². The Bertz CT molecular complexity index is 1710. The molecule has 1 saturated heterocycles. The monoisotopic (exact) mass is 573 g/mol. The smallest absolute Gasteiger partial charge is 0.308 e. The van der Waals surface area contributed by atoms with E-state index in [-0.39, 0.29) is 63.3 Å². The second-order valence-corrected chi connectivity index (χ2v) is 10.7. The first-order chi connectivity index (χ1) is 20.0. The topological polar surface area (TPSA) is 172 Å². The number of ether oxygens (including phenoxy) is 3. The van der Waals surface area contributed by atoms with Crippen LogP contribution in [0.3, 0.4) is 0 Å². The first-order valence-electron chi connectivity index (χ1n) is 13.4. The molecule has 2 aliphatic carbocycles. The van der Waals surface area contributed by atoms with E-state index >= 15 is 0 Å². The minimum atomic E-state index is -1.67. The van der Waals surface area contributed by atoms with Gasteiger partial charge in [0.15, 0.2) is 11.6 Å². The number of esters is 1. The molecule has 2 bridgehead atoms. The maximum Gasteiger partial charge on any atom is 0.308 e. The van der Waals surface area contributed by atoms with Crippen LogP contribution in [0.2, 0.25) is 0 Å². The van der Waals surface area contributed by atoms with E-state index in [4.69, 9.17) is 14.2 Å². The van der Waals surface area contributed by atoms with Crippen molar-refractivity contribution in [2.45, 2.75) is 64.3 Å². The molecular weight excluding hydrogens is 546 g/mol. The standard InChI is InChI=1S/C31H27NO10/c1-12-24(34)23-22-19(30(12)42-31-29(39)28(38)25(35)13(2)40-31)9-16-11-32-10-15(16)5-4-6-17-20(41-14(3)33)8-7-18(26(23)36)21(17)27(22)37/h7-8,11,13,25,28-29,31,34-35,38-39H,6,9-10H2,1-3H3/t13-,25+,28+,29+,31-/m0/s1. The predicted octanol–water partition coefficient (Wildman–Crippen LogP) is 1.09. The summed E-state index contributed by atoms with van der Waals surface area (Å²) in [6, 6.07) is 2.82. The molecule has 0 aromatic heterocycles. The molecular formula is C31H27NO10. The molecule has 2 aliphatic heterocycles. The third-order valence-corrected chi connectivity index (χ3v) is 8.01. The van der Waals surface area contributed by atoms with Crippen LogP contribution in [-0.4, -0.2) is 81.4 Å². The fraction of sp³-hybridized carbons (Fsp3) is 0.355. The number of allylic oxidation sites excluding steroid dienone is 1. The molecule has 4 N–H and O–H groups in total. The van der Waals surface area contributed by atoms with E-state index in [2.05, 4.69) is 16.8 Å². The Morgan fingerprint density at radius 2 is 1.81 bits per heavy atom. The van der Waals surface area contributed by atoms with Gasteiger partial charge in [0.25, 0.3) is 0 Å². The van der Waals surface area contributed by atoms with Crippen molar-refractivity contribution in [3.8, 4) is 29.1 Å². The highest BCUT2D eigenvalue weighted by atomic mass is 16.7. The summed E-state index contributed by atoms with van der Waals surface area (Å²) in [5.74, 6) is 3.87. The first-order valence-corrected chi connectivity index (χ1v) is 13.4.